The Labute approximate surface area is 109 Å². The summed E-state index contributed by atoms with van der Waals surface area (Å²) in [5.41, 5.74) is 0. The molecule has 1 aliphatic heterocycles. The van der Waals surface area contributed by atoms with E-state index < -0.39 is 0 Å². The number of rotatable bonds is 4. The highest BCUT2D eigenvalue weighted by atomic mass is 32.2. The molecule has 0 bridgehead atoms. The Kier molecular flexibility index (Phi) is 5.49. The van der Waals surface area contributed by atoms with Crippen LogP contribution >= 0.6 is 11.8 Å². The second-order valence-corrected chi connectivity index (χ2v) is 6.41. The quantitative estimate of drug-likeness (QED) is 0.596. The van der Waals surface area contributed by atoms with Crippen molar-refractivity contribution in [1.82, 2.24) is 10.6 Å². The highest BCUT2D eigenvalue weighted by Crippen LogP contribution is 2.25. The second-order valence-electron chi connectivity index (χ2n) is 5.19. The van der Waals surface area contributed by atoms with Gasteiger partial charge in [0.2, 0.25) is 0 Å². The first kappa shape index (κ1) is 13.1. The normalized spacial score (nSPS) is 23.2. The van der Waals surface area contributed by atoms with Crippen molar-refractivity contribution >= 4 is 17.7 Å². The predicted molar refractivity (Wildman–Crippen MR) is 76.8 cm³/mol. The minimum absolute atomic E-state index is 0.846. The minimum Gasteiger partial charge on any atom is -0.356 e. The van der Waals surface area contributed by atoms with Crippen molar-refractivity contribution in [3.63, 3.8) is 0 Å². The molecular weight excluding hydrogens is 230 g/mol. The number of guanidine groups is 1. The lowest BCUT2D eigenvalue weighted by molar-refractivity contribution is 0.314. The zero-order chi connectivity index (χ0) is 11.9. The number of hydrogen-bond donors (Lipinski definition) is 2. The maximum absolute atomic E-state index is 4.29. The highest BCUT2D eigenvalue weighted by molar-refractivity contribution is 7.99. The van der Waals surface area contributed by atoms with Gasteiger partial charge in [-0.25, -0.2) is 0 Å². The van der Waals surface area contributed by atoms with E-state index in [0.717, 1.165) is 30.9 Å². The van der Waals surface area contributed by atoms with Crippen LogP contribution in [0, 0.1) is 11.8 Å². The average Bonchev–Trinajstić information content (AvgIpc) is 2.32. The summed E-state index contributed by atoms with van der Waals surface area (Å²) in [6.45, 7) is 2.19. The van der Waals surface area contributed by atoms with Crippen molar-refractivity contribution in [1.29, 1.82) is 0 Å². The van der Waals surface area contributed by atoms with Gasteiger partial charge in [-0.3, -0.25) is 4.99 Å². The van der Waals surface area contributed by atoms with Gasteiger partial charge in [0.15, 0.2) is 5.96 Å². The molecule has 2 rings (SSSR count). The van der Waals surface area contributed by atoms with Crippen LogP contribution in [0.2, 0.25) is 0 Å². The molecule has 0 spiro atoms. The monoisotopic (exact) mass is 255 g/mol. The number of hydrogen-bond acceptors (Lipinski definition) is 2. The van der Waals surface area contributed by atoms with Crippen LogP contribution in [0.25, 0.3) is 0 Å². The van der Waals surface area contributed by atoms with Gasteiger partial charge in [0.25, 0.3) is 0 Å². The topological polar surface area (TPSA) is 36.4 Å². The molecular formula is C13H25N3S. The third-order valence-electron chi connectivity index (χ3n) is 3.91. The maximum Gasteiger partial charge on any atom is 0.190 e. The molecule has 2 aliphatic rings. The van der Waals surface area contributed by atoms with Crippen molar-refractivity contribution in [2.45, 2.75) is 32.1 Å². The van der Waals surface area contributed by atoms with Gasteiger partial charge < -0.3 is 10.6 Å². The predicted octanol–water partition coefficient (Wildman–Crippen LogP) is 2.09. The molecule has 4 heteroatoms. The third kappa shape index (κ3) is 4.41. The van der Waals surface area contributed by atoms with E-state index in [1.165, 1.54) is 43.6 Å². The molecule has 0 atom stereocenters. The molecule has 1 aliphatic carbocycles. The number of aliphatic imine (C=N–C) groups is 1. The van der Waals surface area contributed by atoms with Crippen molar-refractivity contribution < 1.29 is 0 Å². The van der Waals surface area contributed by atoms with E-state index in [9.17, 15) is 0 Å². The number of thioether (sulfide) groups is 1. The van der Waals surface area contributed by atoms with Crippen LogP contribution in [-0.4, -0.2) is 37.6 Å². The van der Waals surface area contributed by atoms with Gasteiger partial charge in [0, 0.05) is 20.1 Å². The second kappa shape index (κ2) is 7.14. The first-order valence-corrected chi connectivity index (χ1v) is 8.06. The number of nitrogens with zero attached hydrogens (tertiary/aromatic N) is 1. The summed E-state index contributed by atoms with van der Waals surface area (Å²) in [6.07, 6.45) is 6.92. The summed E-state index contributed by atoms with van der Waals surface area (Å²) in [5.74, 6) is 5.40. The van der Waals surface area contributed by atoms with Crippen LogP contribution in [0.4, 0.5) is 0 Å². The smallest absolute Gasteiger partial charge is 0.190 e. The van der Waals surface area contributed by atoms with Gasteiger partial charge in [-0.15, -0.1) is 0 Å². The SMILES string of the molecule is CN=C(NCC1CCC1)NCC1CCSCC1. The molecule has 1 saturated carbocycles. The lowest BCUT2D eigenvalue weighted by atomic mass is 9.85. The van der Waals surface area contributed by atoms with E-state index in [4.69, 9.17) is 0 Å². The van der Waals surface area contributed by atoms with Crippen LogP contribution in [0.3, 0.4) is 0 Å². The van der Waals surface area contributed by atoms with Gasteiger partial charge in [0.1, 0.15) is 0 Å². The molecule has 0 unspecified atom stereocenters. The van der Waals surface area contributed by atoms with Gasteiger partial charge in [-0.1, -0.05) is 6.42 Å². The van der Waals surface area contributed by atoms with Gasteiger partial charge in [-0.2, -0.15) is 11.8 Å². The zero-order valence-electron chi connectivity index (χ0n) is 10.9. The van der Waals surface area contributed by atoms with Gasteiger partial charge >= 0.3 is 0 Å². The summed E-state index contributed by atoms with van der Waals surface area (Å²) < 4.78 is 0. The lowest BCUT2D eigenvalue weighted by Gasteiger charge is -2.27. The number of nitrogens with one attached hydrogen (secondary N) is 2. The molecule has 17 heavy (non-hydrogen) atoms. The zero-order valence-corrected chi connectivity index (χ0v) is 11.7. The Balaban J connectivity index is 1.60. The van der Waals surface area contributed by atoms with Crippen LogP contribution in [0.1, 0.15) is 32.1 Å². The standard InChI is InChI=1S/C13H25N3S/c1-14-13(15-9-11-3-2-4-11)16-10-12-5-7-17-8-6-12/h11-12H,2-10H2,1H3,(H2,14,15,16). The Bertz CT molecular complexity index is 245. The van der Waals surface area contributed by atoms with E-state index in [1.807, 2.05) is 7.05 Å². The van der Waals surface area contributed by atoms with Gasteiger partial charge in [-0.05, 0) is 49.0 Å². The van der Waals surface area contributed by atoms with Crippen molar-refractivity contribution in [3.05, 3.63) is 0 Å². The largest absolute Gasteiger partial charge is 0.356 e. The first-order valence-electron chi connectivity index (χ1n) is 6.90. The van der Waals surface area contributed by atoms with E-state index in [2.05, 4.69) is 27.4 Å². The summed E-state index contributed by atoms with van der Waals surface area (Å²) in [7, 11) is 1.87. The molecule has 0 amide bonds. The molecule has 98 valence electrons. The van der Waals surface area contributed by atoms with Crippen LogP contribution in [-0.2, 0) is 0 Å². The van der Waals surface area contributed by atoms with Crippen LogP contribution in [0.15, 0.2) is 4.99 Å². The molecule has 0 aromatic heterocycles. The third-order valence-corrected chi connectivity index (χ3v) is 4.95. The average molecular weight is 255 g/mol. The minimum atomic E-state index is 0.846. The Hall–Kier alpha value is -0.380. The van der Waals surface area contributed by atoms with Crippen molar-refractivity contribution in [2.24, 2.45) is 16.8 Å². The van der Waals surface area contributed by atoms with E-state index in [-0.39, 0.29) is 0 Å². The molecule has 3 nitrogen and oxygen atoms in total. The van der Waals surface area contributed by atoms with Crippen LogP contribution < -0.4 is 10.6 Å². The Morgan fingerprint density at radius 1 is 1.06 bits per heavy atom. The molecule has 1 saturated heterocycles. The van der Waals surface area contributed by atoms with E-state index in [0.29, 0.717) is 0 Å². The van der Waals surface area contributed by atoms with Crippen LogP contribution in [0.5, 0.6) is 0 Å². The van der Waals surface area contributed by atoms with E-state index >= 15 is 0 Å². The molecule has 0 radical (unpaired) electrons. The summed E-state index contributed by atoms with van der Waals surface area (Å²) in [6, 6.07) is 0. The molecule has 1 heterocycles. The first-order chi connectivity index (χ1) is 8.38. The van der Waals surface area contributed by atoms with Crippen molar-refractivity contribution in [2.75, 3.05) is 31.6 Å². The highest BCUT2D eigenvalue weighted by Gasteiger charge is 2.18. The summed E-state index contributed by atoms with van der Waals surface area (Å²) in [4.78, 5) is 4.29. The fourth-order valence-electron chi connectivity index (χ4n) is 2.35. The molecule has 2 fully saturated rings. The lowest BCUT2D eigenvalue weighted by Crippen LogP contribution is -2.43. The van der Waals surface area contributed by atoms with Gasteiger partial charge in [0.05, 0.1) is 0 Å². The Morgan fingerprint density at radius 2 is 1.65 bits per heavy atom. The molecule has 0 aromatic carbocycles. The van der Waals surface area contributed by atoms with Crippen molar-refractivity contribution in [3.8, 4) is 0 Å². The fraction of sp³-hybridized carbons (Fsp3) is 0.923. The maximum atomic E-state index is 4.29. The fourth-order valence-corrected chi connectivity index (χ4v) is 3.55. The molecule has 0 aromatic rings. The Morgan fingerprint density at radius 3 is 2.12 bits per heavy atom. The summed E-state index contributed by atoms with van der Waals surface area (Å²) in [5, 5.41) is 6.92. The summed E-state index contributed by atoms with van der Waals surface area (Å²) >= 11 is 2.09. The van der Waals surface area contributed by atoms with E-state index in [1.54, 1.807) is 0 Å². The molecule has 2 N–H and O–H groups in total.